The third-order valence-electron chi connectivity index (χ3n) is 10.7. The second-order valence-electron chi connectivity index (χ2n) is 12.9. The Kier molecular flexibility index (Phi) is 6.90. The predicted octanol–water partition coefficient (Wildman–Crippen LogP) is 6.93. The average molecular weight is 445 g/mol. The van der Waals surface area contributed by atoms with Crippen LogP contribution in [0.25, 0.3) is 0 Å². The summed E-state index contributed by atoms with van der Waals surface area (Å²) in [5, 5.41) is 10.3. The minimum Gasteiger partial charge on any atom is -0.462 e. The lowest BCUT2D eigenvalue weighted by atomic mass is 9.47. The highest BCUT2D eigenvalue weighted by atomic mass is 16.5. The fraction of sp³-hybridized carbons (Fsp3) is 0.897. The van der Waals surface area contributed by atoms with Gasteiger partial charge in [0, 0.05) is 6.92 Å². The maximum absolute atomic E-state index is 11.9. The van der Waals surface area contributed by atoms with Crippen LogP contribution in [0.4, 0.5) is 0 Å². The summed E-state index contributed by atoms with van der Waals surface area (Å²) < 4.78 is 5.93. The minimum absolute atomic E-state index is 0.0587. The predicted molar refractivity (Wildman–Crippen MR) is 130 cm³/mol. The van der Waals surface area contributed by atoms with Gasteiger partial charge in [-0.05, 0) is 111 Å². The summed E-state index contributed by atoms with van der Waals surface area (Å²) >= 11 is 0. The van der Waals surface area contributed by atoms with Crippen LogP contribution in [0.3, 0.4) is 0 Å². The quantitative estimate of drug-likeness (QED) is 0.357. The summed E-state index contributed by atoms with van der Waals surface area (Å²) in [6.07, 6.45) is 14.1. The lowest BCUT2D eigenvalue weighted by Gasteiger charge is -2.58. The zero-order valence-corrected chi connectivity index (χ0v) is 21.5. The molecule has 4 unspecified atom stereocenters. The maximum atomic E-state index is 11.9. The standard InChI is InChI=1S/C29H48O3/c1-18(2)7-12-27(32-20(4)30)19(3)24-10-11-25-23-9-8-21-17-22(31)13-15-28(21,5)26(23)14-16-29(24,25)6/h8,18-19,22-27,31H,7,9-17H2,1-6H3/t19-,22-,23?,24?,25?,26?,27-,28-,29+/m0/s1. The molecule has 0 aromatic rings. The number of ether oxygens (including phenoxy) is 1. The topological polar surface area (TPSA) is 46.5 Å². The Morgan fingerprint density at radius 2 is 1.84 bits per heavy atom. The van der Waals surface area contributed by atoms with Crippen molar-refractivity contribution in [2.45, 2.75) is 118 Å². The molecule has 0 spiro atoms. The van der Waals surface area contributed by atoms with Gasteiger partial charge in [0.15, 0.2) is 0 Å². The molecule has 3 heteroatoms. The van der Waals surface area contributed by atoms with Gasteiger partial charge in [-0.2, -0.15) is 0 Å². The van der Waals surface area contributed by atoms with Crippen molar-refractivity contribution >= 4 is 5.97 Å². The van der Waals surface area contributed by atoms with Crippen molar-refractivity contribution in [3.05, 3.63) is 11.6 Å². The molecule has 4 rings (SSSR count). The molecule has 3 fully saturated rings. The zero-order valence-electron chi connectivity index (χ0n) is 21.5. The van der Waals surface area contributed by atoms with Crippen LogP contribution in [0.5, 0.6) is 0 Å². The van der Waals surface area contributed by atoms with E-state index < -0.39 is 0 Å². The van der Waals surface area contributed by atoms with Gasteiger partial charge in [0.25, 0.3) is 0 Å². The first-order valence-corrected chi connectivity index (χ1v) is 13.6. The van der Waals surface area contributed by atoms with Gasteiger partial charge in [-0.3, -0.25) is 4.79 Å². The second kappa shape index (κ2) is 9.08. The van der Waals surface area contributed by atoms with Crippen LogP contribution in [-0.2, 0) is 9.53 Å². The highest BCUT2D eigenvalue weighted by Gasteiger charge is 2.59. The van der Waals surface area contributed by atoms with E-state index in [1.165, 1.54) is 32.1 Å². The lowest BCUT2D eigenvalue weighted by Crippen LogP contribution is -2.51. The van der Waals surface area contributed by atoms with Gasteiger partial charge in [-0.15, -0.1) is 0 Å². The molecule has 0 radical (unpaired) electrons. The molecule has 1 N–H and O–H groups in total. The van der Waals surface area contributed by atoms with Crippen LogP contribution < -0.4 is 0 Å². The summed E-state index contributed by atoms with van der Waals surface area (Å²) in [6.45, 7) is 13.6. The van der Waals surface area contributed by atoms with Crippen LogP contribution >= 0.6 is 0 Å². The fourth-order valence-electron chi connectivity index (χ4n) is 8.94. The molecule has 4 aliphatic rings. The maximum Gasteiger partial charge on any atom is 0.302 e. The number of carbonyl (C=O) groups excluding carboxylic acids is 1. The normalized spacial score (nSPS) is 43.0. The molecule has 0 aliphatic heterocycles. The molecule has 182 valence electrons. The Morgan fingerprint density at radius 1 is 1.09 bits per heavy atom. The molecule has 0 amide bonds. The summed E-state index contributed by atoms with van der Waals surface area (Å²) in [7, 11) is 0. The van der Waals surface area contributed by atoms with E-state index >= 15 is 0 Å². The van der Waals surface area contributed by atoms with Crippen LogP contribution in [-0.4, -0.2) is 23.3 Å². The van der Waals surface area contributed by atoms with E-state index in [1.807, 2.05) is 0 Å². The number of rotatable bonds is 6. The lowest BCUT2D eigenvalue weighted by molar-refractivity contribution is -0.152. The zero-order chi connectivity index (χ0) is 23.3. The minimum atomic E-state index is -0.125. The van der Waals surface area contributed by atoms with Crippen LogP contribution in [0.15, 0.2) is 11.6 Å². The van der Waals surface area contributed by atoms with Crippen molar-refractivity contribution in [3.63, 3.8) is 0 Å². The Morgan fingerprint density at radius 3 is 2.53 bits per heavy atom. The molecule has 32 heavy (non-hydrogen) atoms. The van der Waals surface area contributed by atoms with Crippen molar-refractivity contribution in [1.82, 2.24) is 0 Å². The van der Waals surface area contributed by atoms with E-state index in [1.54, 1.807) is 12.5 Å². The largest absolute Gasteiger partial charge is 0.462 e. The number of allylic oxidation sites excluding steroid dienone is 1. The Balaban J connectivity index is 1.54. The van der Waals surface area contributed by atoms with E-state index in [4.69, 9.17) is 4.74 Å². The number of esters is 1. The van der Waals surface area contributed by atoms with Crippen LogP contribution in [0.1, 0.15) is 106 Å². The molecule has 3 nitrogen and oxygen atoms in total. The van der Waals surface area contributed by atoms with Crippen molar-refractivity contribution in [1.29, 1.82) is 0 Å². The van der Waals surface area contributed by atoms with Crippen molar-refractivity contribution in [3.8, 4) is 0 Å². The molecular formula is C29H48O3. The highest BCUT2D eigenvalue weighted by Crippen LogP contribution is 2.67. The van der Waals surface area contributed by atoms with Gasteiger partial charge in [0.05, 0.1) is 6.10 Å². The smallest absolute Gasteiger partial charge is 0.302 e. The first-order valence-electron chi connectivity index (χ1n) is 13.6. The molecule has 0 aromatic heterocycles. The van der Waals surface area contributed by atoms with E-state index in [0.717, 1.165) is 49.9 Å². The van der Waals surface area contributed by atoms with Gasteiger partial charge >= 0.3 is 5.97 Å². The average Bonchev–Trinajstić information content (AvgIpc) is 3.08. The molecule has 0 aromatic carbocycles. The third-order valence-corrected chi connectivity index (χ3v) is 10.7. The molecule has 0 heterocycles. The SMILES string of the molecule is CC(=O)O[C@@H](CCC(C)C)[C@@H](C)C1CCC2C3CC=C4C[C@@H](O)CC[C@]4(C)C3CC[C@@]21C. The van der Waals surface area contributed by atoms with Gasteiger partial charge in [-0.1, -0.05) is 46.3 Å². The van der Waals surface area contributed by atoms with Crippen LogP contribution in [0.2, 0.25) is 0 Å². The van der Waals surface area contributed by atoms with Gasteiger partial charge in [0.2, 0.25) is 0 Å². The van der Waals surface area contributed by atoms with Crippen LogP contribution in [0, 0.1) is 46.3 Å². The molecule has 0 saturated heterocycles. The molecular weight excluding hydrogens is 396 g/mol. The third kappa shape index (κ3) is 4.21. The Hall–Kier alpha value is -0.830. The summed E-state index contributed by atoms with van der Waals surface area (Å²) in [5.41, 5.74) is 2.24. The Bertz CT molecular complexity index is 726. The Labute approximate surface area is 196 Å². The van der Waals surface area contributed by atoms with Gasteiger partial charge < -0.3 is 9.84 Å². The molecule has 9 atom stereocenters. The number of aliphatic hydroxyl groups is 1. The first kappa shape index (κ1) is 24.3. The van der Waals surface area contributed by atoms with E-state index in [9.17, 15) is 9.90 Å². The molecule has 0 bridgehead atoms. The van der Waals surface area contributed by atoms with Crippen molar-refractivity contribution < 1.29 is 14.6 Å². The summed E-state index contributed by atoms with van der Waals surface area (Å²) in [5.74, 6) is 3.96. The fourth-order valence-corrected chi connectivity index (χ4v) is 8.94. The number of hydrogen-bond acceptors (Lipinski definition) is 3. The first-order chi connectivity index (χ1) is 15.1. The second-order valence-corrected chi connectivity index (χ2v) is 12.9. The van der Waals surface area contributed by atoms with Gasteiger partial charge in [0.1, 0.15) is 6.10 Å². The molecule has 3 saturated carbocycles. The van der Waals surface area contributed by atoms with Crippen molar-refractivity contribution in [2.24, 2.45) is 46.3 Å². The van der Waals surface area contributed by atoms with Gasteiger partial charge in [-0.25, -0.2) is 0 Å². The monoisotopic (exact) mass is 444 g/mol. The number of fused-ring (bicyclic) bond motifs is 5. The number of aliphatic hydroxyl groups excluding tert-OH is 1. The van der Waals surface area contributed by atoms with E-state index in [-0.39, 0.29) is 18.2 Å². The summed E-state index contributed by atoms with van der Waals surface area (Å²) in [4.78, 5) is 11.9. The van der Waals surface area contributed by atoms with E-state index in [0.29, 0.717) is 28.6 Å². The molecule has 4 aliphatic carbocycles. The summed E-state index contributed by atoms with van der Waals surface area (Å²) in [6, 6.07) is 0. The number of hydrogen-bond donors (Lipinski definition) is 1. The number of carbonyl (C=O) groups is 1. The van der Waals surface area contributed by atoms with Crippen molar-refractivity contribution in [2.75, 3.05) is 0 Å². The highest BCUT2D eigenvalue weighted by molar-refractivity contribution is 5.66. The van der Waals surface area contributed by atoms with E-state index in [2.05, 4.69) is 40.7 Å².